The molecule has 1 fully saturated rings. The standard InChI is InChI=1S/C27H34Cl2N2O6S/c1-17(16-38(35,36)27(2,3)4)31-24(18-8-10-20(28)11-9-18)25(19-6-5-7-21(29)14-19)37-22(26(31)34)15-23(33)30-12-13-32/h5-11,14,17,22,24-25,32H,12-13,15-16H2,1-4H3,(H,30,33)/t17?,22-,24-,25-/m1/s1. The van der Waals surface area contributed by atoms with E-state index in [0.29, 0.717) is 21.2 Å². The largest absolute Gasteiger partial charge is 0.395 e. The average molecular weight is 586 g/mol. The molecule has 1 aliphatic heterocycles. The van der Waals surface area contributed by atoms with Crippen molar-refractivity contribution in [2.75, 3.05) is 18.9 Å². The molecule has 1 aliphatic rings. The van der Waals surface area contributed by atoms with E-state index >= 15 is 0 Å². The van der Waals surface area contributed by atoms with Crippen LogP contribution in [-0.2, 0) is 24.2 Å². The van der Waals surface area contributed by atoms with E-state index in [4.69, 9.17) is 33.0 Å². The third kappa shape index (κ3) is 7.07. The summed E-state index contributed by atoms with van der Waals surface area (Å²) in [4.78, 5) is 28.0. The first-order valence-electron chi connectivity index (χ1n) is 12.3. The molecule has 2 aromatic carbocycles. The number of rotatable bonds is 9. The molecule has 208 valence electrons. The number of ether oxygens (including phenoxy) is 1. The predicted molar refractivity (Wildman–Crippen MR) is 148 cm³/mol. The second-order valence-corrected chi connectivity index (χ2v) is 14.0. The summed E-state index contributed by atoms with van der Waals surface area (Å²) in [7, 11) is -3.61. The lowest BCUT2D eigenvalue weighted by Crippen LogP contribution is -2.57. The summed E-state index contributed by atoms with van der Waals surface area (Å²) in [5.41, 5.74) is 1.36. The smallest absolute Gasteiger partial charge is 0.253 e. The molecule has 3 rings (SSSR count). The van der Waals surface area contributed by atoms with E-state index in [9.17, 15) is 18.0 Å². The van der Waals surface area contributed by atoms with Crippen molar-refractivity contribution >= 4 is 44.9 Å². The summed E-state index contributed by atoms with van der Waals surface area (Å²) in [6.07, 6.45) is -2.23. The van der Waals surface area contributed by atoms with Crippen molar-refractivity contribution in [2.24, 2.45) is 0 Å². The van der Waals surface area contributed by atoms with Gasteiger partial charge in [-0.05, 0) is 63.1 Å². The second kappa shape index (κ2) is 12.3. The number of sulfone groups is 1. The summed E-state index contributed by atoms with van der Waals surface area (Å²) in [5, 5.41) is 12.6. The molecule has 0 saturated carbocycles. The Balaban J connectivity index is 2.14. The zero-order chi connectivity index (χ0) is 28.3. The lowest BCUT2D eigenvalue weighted by Gasteiger charge is -2.47. The molecule has 0 aliphatic carbocycles. The summed E-state index contributed by atoms with van der Waals surface area (Å²) < 4.78 is 31.6. The van der Waals surface area contributed by atoms with Gasteiger partial charge in [0.1, 0.15) is 12.2 Å². The van der Waals surface area contributed by atoms with Crippen molar-refractivity contribution in [3.05, 3.63) is 69.7 Å². The zero-order valence-electron chi connectivity index (χ0n) is 21.9. The van der Waals surface area contributed by atoms with Gasteiger partial charge in [-0.2, -0.15) is 0 Å². The van der Waals surface area contributed by atoms with Crippen LogP contribution in [0.1, 0.15) is 57.4 Å². The maximum atomic E-state index is 13.9. The Morgan fingerprint density at radius 3 is 2.34 bits per heavy atom. The Morgan fingerprint density at radius 1 is 1.11 bits per heavy atom. The predicted octanol–water partition coefficient (Wildman–Crippen LogP) is 4.10. The number of morpholine rings is 1. The highest BCUT2D eigenvalue weighted by atomic mass is 35.5. The quantitative estimate of drug-likeness (QED) is 0.458. The monoisotopic (exact) mass is 584 g/mol. The van der Waals surface area contributed by atoms with Gasteiger partial charge in [-0.25, -0.2) is 8.42 Å². The molecule has 11 heteroatoms. The minimum absolute atomic E-state index is 0.0365. The van der Waals surface area contributed by atoms with E-state index in [-0.39, 0.29) is 25.3 Å². The molecule has 1 unspecified atom stereocenters. The summed E-state index contributed by atoms with van der Waals surface area (Å²) in [6.45, 7) is 6.34. The molecule has 0 spiro atoms. The van der Waals surface area contributed by atoms with Crippen LogP contribution < -0.4 is 5.32 Å². The van der Waals surface area contributed by atoms with E-state index in [2.05, 4.69) is 5.32 Å². The molecule has 38 heavy (non-hydrogen) atoms. The molecular weight excluding hydrogens is 551 g/mol. The number of nitrogens with one attached hydrogen (secondary N) is 1. The molecule has 2 aromatic rings. The van der Waals surface area contributed by atoms with Crippen molar-refractivity contribution in [1.82, 2.24) is 10.2 Å². The highest BCUT2D eigenvalue weighted by Crippen LogP contribution is 2.44. The van der Waals surface area contributed by atoms with Crippen LogP contribution in [-0.4, -0.2) is 66.0 Å². The van der Waals surface area contributed by atoms with Gasteiger partial charge in [-0.15, -0.1) is 0 Å². The summed E-state index contributed by atoms with van der Waals surface area (Å²) >= 11 is 12.4. The van der Waals surface area contributed by atoms with Crippen LogP contribution in [0.25, 0.3) is 0 Å². The van der Waals surface area contributed by atoms with Crippen molar-refractivity contribution in [3.8, 4) is 0 Å². The van der Waals surface area contributed by atoms with Crippen molar-refractivity contribution in [1.29, 1.82) is 0 Å². The van der Waals surface area contributed by atoms with Crippen LogP contribution in [0.4, 0.5) is 0 Å². The SMILES string of the molecule is CC(CS(=O)(=O)C(C)(C)C)N1C(=O)[C@@H](CC(=O)NCCO)O[C@H](c2cccc(Cl)c2)[C@H]1c1ccc(Cl)cc1. The van der Waals surface area contributed by atoms with Crippen LogP contribution >= 0.6 is 23.2 Å². The highest BCUT2D eigenvalue weighted by molar-refractivity contribution is 7.92. The minimum Gasteiger partial charge on any atom is -0.395 e. The Kier molecular flexibility index (Phi) is 9.87. The number of amides is 2. The average Bonchev–Trinajstić information content (AvgIpc) is 2.83. The second-order valence-electron chi connectivity index (χ2n) is 10.4. The lowest BCUT2D eigenvalue weighted by molar-refractivity contribution is -0.179. The maximum Gasteiger partial charge on any atom is 0.253 e. The fourth-order valence-electron chi connectivity index (χ4n) is 4.41. The number of nitrogens with zero attached hydrogens (tertiary/aromatic N) is 1. The molecule has 1 saturated heterocycles. The minimum atomic E-state index is -3.61. The molecule has 4 atom stereocenters. The van der Waals surface area contributed by atoms with E-state index in [1.165, 1.54) is 4.90 Å². The van der Waals surface area contributed by atoms with Gasteiger partial charge in [0.25, 0.3) is 5.91 Å². The van der Waals surface area contributed by atoms with Crippen LogP contribution in [0.5, 0.6) is 0 Å². The van der Waals surface area contributed by atoms with Crippen LogP contribution in [0, 0.1) is 0 Å². The summed E-state index contributed by atoms with van der Waals surface area (Å²) in [6, 6.07) is 12.5. The van der Waals surface area contributed by atoms with E-state index in [0.717, 1.165) is 0 Å². The number of hydrogen-bond donors (Lipinski definition) is 2. The van der Waals surface area contributed by atoms with Crippen LogP contribution in [0.3, 0.4) is 0 Å². The Labute approximate surface area is 234 Å². The fourth-order valence-corrected chi connectivity index (χ4v) is 6.03. The van der Waals surface area contributed by atoms with Gasteiger partial charge >= 0.3 is 0 Å². The van der Waals surface area contributed by atoms with Gasteiger partial charge in [-0.3, -0.25) is 9.59 Å². The van der Waals surface area contributed by atoms with Gasteiger partial charge in [0, 0.05) is 22.6 Å². The molecule has 0 bridgehead atoms. The van der Waals surface area contributed by atoms with Gasteiger partial charge in [0.2, 0.25) is 5.91 Å². The highest BCUT2D eigenvalue weighted by Gasteiger charge is 2.47. The van der Waals surface area contributed by atoms with Gasteiger partial charge in [-0.1, -0.05) is 47.5 Å². The van der Waals surface area contributed by atoms with Crippen LogP contribution in [0.15, 0.2) is 48.5 Å². The van der Waals surface area contributed by atoms with Crippen LogP contribution in [0.2, 0.25) is 10.0 Å². The van der Waals surface area contributed by atoms with Gasteiger partial charge < -0.3 is 20.1 Å². The molecular formula is C27H34Cl2N2O6S. The molecule has 2 amide bonds. The fraction of sp³-hybridized carbons (Fsp3) is 0.481. The number of aliphatic hydroxyl groups is 1. The van der Waals surface area contributed by atoms with Crippen molar-refractivity contribution in [2.45, 2.75) is 63.2 Å². The van der Waals surface area contributed by atoms with Crippen molar-refractivity contribution in [3.63, 3.8) is 0 Å². The van der Waals surface area contributed by atoms with Crippen molar-refractivity contribution < 1.29 is 27.9 Å². The third-order valence-corrected chi connectivity index (χ3v) is 9.76. The van der Waals surface area contributed by atoms with E-state index in [1.807, 2.05) is 6.07 Å². The Morgan fingerprint density at radius 2 is 1.76 bits per heavy atom. The van der Waals surface area contributed by atoms with Gasteiger partial charge in [0.15, 0.2) is 9.84 Å². The maximum absolute atomic E-state index is 13.9. The molecule has 0 radical (unpaired) electrons. The zero-order valence-corrected chi connectivity index (χ0v) is 24.2. The number of hydrogen-bond acceptors (Lipinski definition) is 6. The number of aliphatic hydroxyl groups excluding tert-OH is 1. The van der Waals surface area contributed by atoms with Gasteiger partial charge in [0.05, 0.1) is 29.6 Å². The number of carbonyl (C=O) groups excluding carboxylic acids is 2. The molecule has 2 N–H and O–H groups in total. The number of halogens is 2. The topological polar surface area (TPSA) is 113 Å². The first-order valence-corrected chi connectivity index (χ1v) is 14.7. The summed E-state index contributed by atoms with van der Waals surface area (Å²) in [5.74, 6) is -1.25. The molecule has 1 heterocycles. The molecule has 0 aromatic heterocycles. The number of benzene rings is 2. The van der Waals surface area contributed by atoms with E-state index in [1.54, 1.807) is 70.2 Å². The Bertz CT molecular complexity index is 1250. The first kappa shape index (κ1) is 30.4. The normalized spacial score (nSPS) is 21.3. The number of carbonyl (C=O) groups is 2. The van der Waals surface area contributed by atoms with E-state index < -0.39 is 50.7 Å². The first-order chi connectivity index (χ1) is 17.7. The lowest BCUT2D eigenvalue weighted by atomic mass is 9.90. The Hall–Kier alpha value is -2.17. The third-order valence-electron chi connectivity index (χ3n) is 6.49. The molecule has 8 nitrogen and oxygen atoms in total.